The summed E-state index contributed by atoms with van der Waals surface area (Å²) in [7, 11) is 1.31. The van der Waals surface area contributed by atoms with Crippen molar-refractivity contribution in [3.63, 3.8) is 0 Å². The van der Waals surface area contributed by atoms with Crippen molar-refractivity contribution in [2.24, 2.45) is 0 Å². The van der Waals surface area contributed by atoms with Crippen LogP contribution in [0, 0.1) is 10.1 Å². The molecule has 0 saturated heterocycles. The molecule has 1 rings (SSSR count). The number of hydrogen-bond donors (Lipinski definition) is 0. The molecule has 0 bridgehead atoms. The highest BCUT2D eigenvalue weighted by Crippen LogP contribution is 2.24. The fourth-order valence-electron chi connectivity index (χ4n) is 1.83. The monoisotopic (exact) mass is 255 g/mol. The molecule has 0 unspecified atom stereocenters. The van der Waals surface area contributed by atoms with E-state index in [4.69, 9.17) is 0 Å². The van der Waals surface area contributed by atoms with Gasteiger partial charge in [-0.05, 0) is 12.8 Å². The summed E-state index contributed by atoms with van der Waals surface area (Å²) in [6, 6.07) is 0. The van der Waals surface area contributed by atoms with Crippen LogP contribution in [0.1, 0.15) is 31.7 Å². The maximum absolute atomic E-state index is 11.1. The topological polar surface area (TPSA) is 87.3 Å². The molecule has 0 aromatic carbocycles. The first kappa shape index (κ1) is 14.1. The zero-order valence-electron chi connectivity index (χ0n) is 10.8. The van der Waals surface area contributed by atoms with Gasteiger partial charge in [-0.25, -0.2) is 0 Å². The summed E-state index contributed by atoms with van der Waals surface area (Å²) in [5.74, 6) is -0.353. The second-order valence-electron chi connectivity index (χ2n) is 3.76. The first-order valence-electron chi connectivity index (χ1n) is 5.84. The lowest BCUT2D eigenvalue weighted by atomic mass is 10.2. The minimum absolute atomic E-state index is 0.0739. The van der Waals surface area contributed by atoms with E-state index in [-0.39, 0.29) is 18.1 Å². The van der Waals surface area contributed by atoms with Gasteiger partial charge in [0.25, 0.3) is 0 Å². The number of nitrogens with zero attached hydrogens (tertiary/aromatic N) is 3. The number of esters is 1. The van der Waals surface area contributed by atoms with Gasteiger partial charge in [0.05, 0.1) is 25.0 Å². The van der Waals surface area contributed by atoms with E-state index in [9.17, 15) is 14.9 Å². The van der Waals surface area contributed by atoms with Crippen molar-refractivity contribution in [2.45, 2.75) is 39.7 Å². The van der Waals surface area contributed by atoms with E-state index in [2.05, 4.69) is 9.84 Å². The Balaban J connectivity index is 3.04. The quantitative estimate of drug-likeness (QED) is 0.436. The number of carbonyl (C=O) groups excluding carboxylic acids is 1. The van der Waals surface area contributed by atoms with E-state index in [1.165, 1.54) is 11.8 Å². The molecule has 0 fully saturated rings. The van der Waals surface area contributed by atoms with Crippen LogP contribution in [0.3, 0.4) is 0 Å². The average Bonchev–Trinajstić information content (AvgIpc) is 2.73. The van der Waals surface area contributed by atoms with Crippen LogP contribution >= 0.6 is 0 Å². The summed E-state index contributed by atoms with van der Waals surface area (Å²) in [5, 5.41) is 15.2. The van der Waals surface area contributed by atoms with Crippen molar-refractivity contribution in [1.82, 2.24) is 9.78 Å². The second kappa shape index (κ2) is 6.13. The van der Waals surface area contributed by atoms with E-state index in [0.29, 0.717) is 30.8 Å². The summed E-state index contributed by atoms with van der Waals surface area (Å²) in [4.78, 5) is 21.7. The molecule has 1 heterocycles. The van der Waals surface area contributed by atoms with Crippen LogP contribution in [0.4, 0.5) is 5.69 Å². The largest absolute Gasteiger partial charge is 0.469 e. The second-order valence-corrected chi connectivity index (χ2v) is 3.76. The molecular weight excluding hydrogens is 238 g/mol. The standard InChI is InChI=1S/C11H17N3O4/c1-4-8-11(14(16)17)9(5-2)13(12-8)7-6-10(15)18-3/h4-7H2,1-3H3. The third-order valence-corrected chi connectivity index (χ3v) is 2.71. The number of methoxy groups -OCH3 is 1. The molecule has 0 aliphatic rings. The highest BCUT2D eigenvalue weighted by atomic mass is 16.6. The predicted molar refractivity (Wildman–Crippen MR) is 64.3 cm³/mol. The first-order valence-corrected chi connectivity index (χ1v) is 5.84. The number of aromatic nitrogens is 2. The molecule has 0 atom stereocenters. The minimum atomic E-state index is -0.403. The van der Waals surface area contributed by atoms with E-state index in [1.54, 1.807) is 0 Å². The van der Waals surface area contributed by atoms with Crippen LogP contribution in [0.25, 0.3) is 0 Å². The Hall–Kier alpha value is -1.92. The Morgan fingerprint density at radius 3 is 2.56 bits per heavy atom. The lowest BCUT2D eigenvalue weighted by Gasteiger charge is -2.03. The van der Waals surface area contributed by atoms with Gasteiger partial charge in [0.15, 0.2) is 0 Å². The number of aryl methyl sites for hydroxylation is 2. The van der Waals surface area contributed by atoms with Crippen molar-refractivity contribution in [2.75, 3.05) is 7.11 Å². The Kier molecular flexibility index (Phi) is 4.82. The van der Waals surface area contributed by atoms with Crippen LogP contribution in [0.15, 0.2) is 0 Å². The third kappa shape index (κ3) is 2.85. The molecule has 7 heteroatoms. The number of nitro groups is 1. The maximum atomic E-state index is 11.1. The molecule has 0 spiro atoms. The van der Waals surface area contributed by atoms with Gasteiger partial charge in [-0.1, -0.05) is 13.8 Å². The van der Waals surface area contributed by atoms with Crippen molar-refractivity contribution in [3.8, 4) is 0 Å². The average molecular weight is 255 g/mol. The predicted octanol–water partition coefficient (Wildman–Crippen LogP) is 1.48. The summed E-state index contributed by atoms with van der Waals surface area (Å²) in [5.41, 5.74) is 1.09. The summed E-state index contributed by atoms with van der Waals surface area (Å²) in [6.45, 7) is 3.95. The molecule has 0 radical (unpaired) electrons. The van der Waals surface area contributed by atoms with Crippen molar-refractivity contribution < 1.29 is 14.5 Å². The van der Waals surface area contributed by atoms with Crippen LogP contribution < -0.4 is 0 Å². The van der Waals surface area contributed by atoms with E-state index < -0.39 is 4.92 Å². The summed E-state index contributed by atoms with van der Waals surface area (Å²) < 4.78 is 6.08. The Labute approximate surface area is 105 Å². The van der Waals surface area contributed by atoms with Gasteiger partial charge in [0.2, 0.25) is 0 Å². The molecule has 0 saturated carbocycles. The van der Waals surface area contributed by atoms with Gasteiger partial charge in [0.1, 0.15) is 11.4 Å². The zero-order valence-corrected chi connectivity index (χ0v) is 10.8. The van der Waals surface area contributed by atoms with Crippen LogP contribution in [-0.4, -0.2) is 27.8 Å². The first-order chi connectivity index (χ1) is 8.54. The van der Waals surface area contributed by atoms with Gasteiger partial charge in [-0.3, -0.25) is 19.6 Å². The normalized spacial score (nSPS) is 10.4. The lowest BCUT2D eigenvalue weighted by Crippen LogP contribution is -2.10. The van der Waals surface area contributed by atoms with E-state index in [1.807, 2.05) is 13.8 Å². The van der Waals surface area contributed by atoms with Crippen molar-refractivity contribution >= 4 is 11.7 Å². The van der Waals surface area contributed by atoms with Crippen molar-refractivity contribution in [3.05, 3.63) is 21.5 Å². The Morgan fingerprint density at radius 1 is 1.44 bits per heavy atom. The number of hydrogen-bond acceptors (Lipinski definition) is 5. The van der Waals surface area contributed by atoms with Gasteiger partial charge in [-0.15, -0.1) is 0 Å². The molecule has 1 aromatic heterocycles. The van der Waals surface area contributed by atoms with E-state index >= 15 is 0 Å². The fraction of sp³-hybridized carbons (Fsp3) is 0.636. The van der Waals surface area contributed by atoms with Gasteiger partial charge in [-0.2, -0.15) is 5.10 Å². The zero-order chi connectivity index (χ0) is 13.7. The third-order valence-electron chi connectivity index (χ3n) is 2.71. The van der Waals surface area contributed by atoms with E-state index in [0.717, 1.165) is 0 Å². The minimum Gasteiger partial charge on any atom is -0.469 e. The highest BCUT2D eigenvalue weighted by Gasteiger charge is 2.25. The van der Waals surface area contributed by atoms with Crippen LogP contribution in [-0.2, 0) is 28.9 Å². The Bertz CT molecular complexity index is 453. The molecule has 0 aliphatic carbocycles. The molecular formula is C11H17N3O4. The SMILES string of the molecule is CCc1nn(CCC(=O)OC)c(CC)c1[N+](=O)[O-]. The number of carbonyl (C=O) groups is 1. The number of ether oxygens (including phenoxy) is 1. The molecule has 100 valence electrons. The van der Waals surface area contributed by atoms with Crippen LogP contribution in [0.2, 0.25) is 0 Å². The summed E-state index contributed by atoms with van der Waals surface area (Å²) >= 11 is 0. The highest BCUT2D eigenvalue weighted by molar-refractivity contribution is 5.69. The Morgan fingerprint density at radius 2 is 2.11 bits per heavy atom. The molecule has 0 amide bonds. The molecule has 0 aliphatic heterocycles. The fourth-order valence-corrected chi connectivity index (χ4v) is 1.83. The molecule has 0 N–H and O–H groups in total. The van der Waals surface area contributed by atoms with Crippen molar-refractivity contribution in [1.29, 1.82) is 0 Å². The number of rotatable bonds is 6. The van der Waals surface area contributed by atoms with Gasteiger partial charge in [0, 0.05) is 0 Å². The molecule has 18 heavy (non-hydrogen) atoms. The summed E-state index contributed by atoms with van der Waals surface area (Å²) in [6.07, 6.45) is 1.16. The van der Waals surface area contributed by atoms with Gasteiger partial charge >= 0.3 is 11.7 Å². The molecule has 1 aromatic rings. The molecule has 7 nitrogen and oxygen atoms in total. The maximum Gasteiger partial charge on any atom is 0.313 e. The lowest BCUT2D eigenvalue weighted by molar-refractivity contribution is -0.386. The van der Waals surface area contributed by atoms with Crippen LogP contribution in [0.5, 0.6) is 0 Å². The smallest absolute Gasteiger partial charge is 0.313 e. The van der Waals surface area contributed by atoms with Gasteiger partial charge < -0.3 is 4.74 Å².